The van der Waals surface area contributed by atoms with Gasteiger partial charge in [-0.3, -0.25) is 4.79 Å². The number of carbonyl (C=O) groups excluding carboxylic acids is 1. The van der Waals surface area contributed by atoms with Gasteiger partial charge in [0.1, 0.15) is 5.82 Å². The molecule has 94 valence electrons. The van der Waals surface area contributed by atoms with E-state index in [1.54, 1.807) is 13.0 Å². The fourth-order valence-electron chi connectivity index (χ4n) is 1.25. The van der Waals surface area contributed by atoms with Crippen LogP contribution in [-0.4, -0.2) is 24.0 Å². The topological polar surface area (TPSA) is 55.1 Å². The van der Waals surface area contributed by atoms with Crippen molar-refractivity contribution in [3.63, 3.8) is 0 Å². The first-order valence-electron chi connectivity index (χ1n) is 5.43. The van der Waals surface area contributed by atoms with Gasteiger partial charge in [0.2, 0.25) is 5.91 Å². The van der Waals surface area contributed by atoms with Crippen molar-refractivity contribution in [2.24, 2.45) is 5.73 Å². The molecule has 1 rings (SSSR count). The van der Waals surface area contributed by atoms with E-state index in [1.807, 2.05) is 6.07 Å². The van der Waals surface area contributed by atoms with Gasteiger partial charge in [0.05, 0.1) is 5.75 Å². The van der Waals surface area contributed by atoms with E-state index in [9.17, 15) is 9.18 Å². The van der Waals surface area contributed by atoms with Crippen molar-refractivity contribution in [2.75, 3.05) is 18.1 Å². The number of benzene rings is 1. The number of thioether (sulfide) groups is 1. The number of nitrogens with two attached hydrogens (primary N) is 1. The average molecular weight is 256 g/mol. The molecule has 5 heteroatoms. The van der Waals surface area contributed by atoms with Crippen LogP contribution in [0.5, 0.6) is 0 Å². The van der Waals surface area contributed by atoms with Crippen molar-refractivity contribution in [3.8, 4) is 0 Å². The van der Waals surface area contributed by atoms with Crippen LogP contribution < -0.4 is 11.1 Å². The fourth-order valence-corrected chi connectivity index (χ4v) is 1.84. The number of hydrogen-bond acceptors (Lipinski definition) is 3. The maximum Gasteiger partial charge on any atom is 0.230 e. The van der Waals surface area contributed by atoms with Crippen molar-refractivity contribution in [1.29, 1.82) is 0 Å². The highest BCUT2D eigenvalue weighted by Gasteiger charge is 2.03. The van der Waals surface area contributed by atoms with E-state index in [4.69, 9.17) is 5.73 Å². The molecule has 0 aliphatic carbocycles. The Morgan fingerprint density at radius 3 is 2.94 bits per heavy atom. The SMILES string of the molecule is Cc1ccc(CNC(=O)CSCCN)cc1F. The summed E-state index contributed by atoms with van der Waals surface area (Å²) in [5.41, 5.74) is 6.69. The predicted octanol–water partition coefficient (Wildman–Crippen LogP) is 1.44. The number of rotatable bonds is 6. The van der Waals surface area contributed by atoms with Gasteiger partial charge in [-0.15, -0.1) is 0 Å². The smallest absolute Gasteiger partial charge is 0.230 e. The third-order valence-corrected chi connectivity index (χ3v) is 3.21. The molecule has 0 radical (unpaired) electrons. The Balaban J connectivity index is 2.34. The second-order valence-electron chi connectivity index (χ2n) is 3.70. The molecule has 0 aromatic heterocycles. The first kappa shape index (κ1) is 14.0. The molecule has 1 amide bonds. The van der Waals surface area contributed by atoms with Crippen LogP contribution in [0.3, 0.4) is 0 Å². The van der Waals surface area contributed by atoms with Gasteiger partial charge < -0.3 is 11.1 Å². The van der Waals surface area contributed by atoms with Crippen LogP contribution in [0.1, 0.15) is 11.1 Å². The molecule has 0 heterocycles. The normalized spacial score (nSPS) is 10.3. The van der Waals surface area contributed by atoms with Gasteiger partial charge in [0.15, 0.2) is 0 Å². The third-order valence-electron chi connectivity index (χ3n) is 2.22. The minimum atomic E-state index is -0.241. The second kappa shape index (κ2) is 7.29. The van der Waals surface area contributed by atoms with Gasteiger partial charge >= 0.3 is 0 Å². The molecular weight excluding hydrogens is 239 g/mol. The predicted molar refractivity (Wildman–Crippen MR) is 69.4 cm³/mol. The van der Waals surface area contributed by atoms with E-state index >= 15 is 0 Å². The summed E-state index contributed by atoms with van der Waals surface area (Å²) in [7, 11) is 0. The first-order chi connectivity index (χ1) is 8.13. The summed E-state index contributed by atoms with van der Waals surface area (Å²) in [6, 6.07) is 4.97. The van der Waals surface area contributed by atoms with Crippen LogP contribution in [0, 0.1) is 12.7 Å². The zero-order valence-corrected chi connectivity index (χ0v) is 10.6. The van der Waals surface area contributed by atoms with Gasteiger partial charge in [0, 0.05) is 18.8 Å². The lowest BCUT2D eigenvalue weighted by Gasteiger charge is -2.06. The van der Waals surface area contributed by atoms with E-state index in [2.05, 4.69) is 5.32 Å². The molecule has 0 fully saturated rings. The van der Waals surface area contributed by atoms with Crippen LogP contribution >= 0.6 is 11.8 Å². The number of amides is 1. The van der Waals surface area contributed by atoms with E-state index in [0.717, 1.165) is 11.3 Å². The van der Waals surface area contributed by atoms with Crippen molar-refractivity contribution < 1.29 is 9.18 Å². The fraction of sp³-hybridized carbons (Fsp3) is 0.417. The first-order valence-corrected chi connectivity index (χ1v) is 6.58. The van der Waals surface area contributed by atoms with Gasteiger partial charge in [-0.2, -0.15) is 11.8 Å². The standard InChI is InChI=1S/C12H17FN2OS/c1-9-2-3-10(6-11(9)13)7-15-12(16)8-17-5-4-14/h2-3,6H,4-5,7-8,14H2,1H3,(H,15,16). The minimum absolute atomic E-state index is 0.0515. The summed E-state index contributed by atoms with van der Waals surface area (Å²) in [5.74, 6) is 0.872. The molecule has 0 saturated carbocycles. The lowest BCUT2D eigenvalue weighted by atomic mass is 10.1. The number of halogens is 1. The van der Waals surface area contributed by atoms with E-state index in [0.29, 0.717) is 24.4 Å². The Morgan fingerprint density at radius 1 is 1.53 bits per heavy atom. The molecule has 3 nitrogen and oxygen atoms in total. The Kier molecular flexibility index (Phi) is 6.00. The molecule has 0 aliphatic heterocycles. The number of aryl methyl sites for hydroxylation is 1. The minimum Gasteiger partial charge on any atom is -0.351 e. The summed E-state index contributed by atoms with van der Waals surface area (Å²) in [5, 5.41) is 2.74. The molecule has 1 aromatic carbocycles. The Morgan fingerprint density at radius 2 is 2.29 bits per heavy atom. The van der Waals surface area contributed by atoms with Gasteiger partial charge in [-0.1, -0.05) is 12.1 Å². The van der Waals surface area contributed by atoms with Crippen LogP contribution in [0.15, 0.2) is 18.2 Å². The molecule has 3 N–H and O–H groups in total. The molecule has 0 bridgehead atoms. The quantitative estimate of drug-likeness (QED) is 0.757. The van der Waals surface area contributed by atoms with Crippen LogP contribution in [0.2, 0.25) is 0 Å². The molecular formula is C12H17FN2OS. The Hall–Kier alpha value is -1.07. The number of nitrogens with one attached hydrogen (secondary N) is 1. The van der Waals surface area contributed by atoms with Gasteiger partial charge in [-0.25, -0.2) is 4.39 Å². The Bertz CT molecular complexity index is 385. The lowest BCUT2D eigenvalue weighted by Crippen LogP contribution is -2.25. The van der Waals surface area contributed by atoms with Crippen molar-refractivity contribution in [1.82, 2.24) is 5.32 Å². The monoisotopic (exact) mass is 256 g/mol. The summed E-state index contributed by atoms with van der Waals surface area (Å²) in [4.78, 5) is 11.4. The highest BCUT2D eigenvalue weighted by molar-refractivity contribution is 7.99. The van der Waals surface area contributed by atoms with Crippen LogP contribution in [0.4, 0.5) is 4.39 Å². The number of hydrogen-bond donors (Lipinski definition) is 2. The van der Waals surface area contributed by atoms with Crippen LogP contribution in [0.25, 0.3) is 0 Å². The van der Waals surface area contributed by atoms with Crippen molar-refractivity contribution in [2.45, 2.75) is 13.5 Å². The van der Waals surface area contributed by atoms with Crippen molar-refractivity contribution in [3.05, 3.63) is 35.1 Å². The maximum atomic E-state index is 13.2. The largest absolute Gasteiger partial charge is 0.351 e. The summed E-state index contributed by atoms with van der Waals surface area (Å²) in [6.07, 6.45) is 0. The van der Waals surface area contributed by atoms with Crippen LogP contribution in [-0.2, 0) is 11.3 Å². The molecule has 1 aromatic rings. The Labute approximate surface area is 105 Å². The maximum absolute atomic E-state index is 13.2. The highest BCUT2D eigenvalue weighted by atomic mass is 32.2. The van der Waals surface area contributed by atoms with Gasteiger partial charge in [0.25, 0.3) is 0 Å². The average Bonchev–Trinajstić information content (AvgIpc) is 2.31. The van der Waals surface area contributed by atoms with E-state index in [-0.39, 0.29) is 11.7 Å². The van der Waals surface area contributed by atoms with Gasteiger partial charge in [-0.05, 0) is 24.1 Å². The van der Waals surface area contributed by atoms with E-state index < -0.39 is 0 Å². The summed E-state index contributed by atoms with van der Waals surface area (Å²) >= 11 is 1.49. The molecule has 0 aliphatic rings. The second-order valence-corrected chi connectivity index (χ2v) is 4.81. The zero-order chi connectivity index (χ0) is 12.7. The highest BCUT2D eigenvalue weighted by Crippen LogP contribution is 2.08. The molecule has 0 spiro atoms. The third kappa shape index (κ3) is 5.19. The molecule has 17 heavy (non-hydrogen) atoms. The summed E-state index contributed by atoms with van der Waals surface area (Å²) < 4.78 is 13.2. The molecule has 0 unspecified atom stereocenters. The molecule has 0 saturated heterocycles. The lowest BCUT2D eigenvalue weighted by molar-refractivity contribution is -0.118. The zero-order valence-electron chi connectivity index (χ0n) is 9.83. The number of carbonyl (C=O) groups is 1. The molecule has 0 atom stereocenters. The van der Waals surface area contributed by atoms with E-state index in [1.165, 1.54) is 17.8 Å². The summed E-state index contributed by atoms with van der Waals surface area (Å²) in [6.45, 7) is 2.64. The van der Waals surface area contributed by atoms with Crippen molar-refractivity contribution >= 4 is 17.7 Å².